The largest absolute Gasteiger partial charge is 0.479 e. The molecule has 0 aliphatic heterocycles. The van der Waals surface area contributed by atoms with Crippen molar-refractivity contribution in [1.29, 1.82) is 0 Å². The Morgan fingerprint density at radius 2 is 2.38 bits per heavy atom. The van der Waals surface area contributed by atoms with E-state index < -0.39 is 0 Å². The number of nitrogens with zero attached hydrogens (tertiary/aromatic N) is 1. The molecule has 3 N–H and O–H groups in total. The summed E-state index contributed by atoms with van der Waals surface area (Å²) in [4.78, 5) is 0. The van der Waals surface area contributed by atoms with E-state index in [1.807, 2.05) is 0 Å². The number of aromatic nitrogens is 1. The predicted octanol–water partition coefficient (Wildman–Crippen LogP) is 0.374. The first-order chi connectivity index (χ1) is 6.20. The molecule has 1 rings (SSSR count). The smallest absolute Gasteiger partial charge is 0.258 e. The summed E-state index contributed by atoms with van der Waals surface area (Å²) >= 11 is 0. The first-order valence-corrected chi connectivity index (χ1v) is 4.07. The fraction of sp³-hybridized carbons (Fsp3) is 0.625. The van der Waals surface area contributed by atoms with Crippen LogP contribution in [0.3, 0.4) is 0 Å². The lowest BCUT2D eigenvalue weighted by molar-refractivity contribution is 0.275. The zero-order chi connectivity index (χ0) is 9.84. The maximum absolute atomic E-state index is 8.72. The number of methoxy groups -OCH3 is 1. The first kappa shape index (κ1) is 10.0. The van der Waals surface area contributed by atoms with Gasteiger partial charge in [-0.1, -0.05) is 0 Å². The third-order valence-corrected chi connectivity index (χ3v) is 1.88. The lowest BCUT2D eigenvalue weighted by atomic mass is 10.1. The molecule has 0 aliphatic rings. The van der Waals surface area contributed by atoms with Crippen molar-refractivity contribution in [2.75, 3.05) is 13.7 Å². The van der Waals surface area contributed by atoms with Crippen LogP contribution in [0.15, 0.2) is 4.52 Å². The number of nitrogens with two attached hydrogens (primary N) is 1. The van der Waals surface area contributed by atoms with Crippen molar-refractivity contribution in [1.82, 2.24) is 5.16 Å². The maximum atomic E-state index is 8.72. The fourth-order valence-electron chi connectivity index (χ4n) is 1.21. The van der Waals surface area contributed by atoms with Crippen LogP contribution in [0.2, 0.25) is 0 Å². The Balaban J connectivity index is 2.89. The lowest BCUT2D eigenvalue weighted by Gasteiger charge is -2.08. The Morgan fingerprint density at radius 1 is 1.69 bits per heavy atom. The SMILES string of the molecule is COc1noc(C)c1C(N)CCO. The molecule has 5 nitrogen and oxygen atoms in total. The monoisotopic (exact) mass is 186 g/mol. The molecular formula is C8H14N2O3. The highest BCUT2D eigenvalue weighted by Gasteiger charge is 2.19. The van der Waals surface area contributed by atoms with Crippen LogP contribution in [0.5, 0.6) is 5.88 Å². The number of hydrogen-bond donors (Lipinski definition) is 2. The zero-order valence-corrected chi connectivity index (χ0v) is 7.78. The molecule has 1 unspecified atom stereocenters. The summed E-state index contributed by atoms with van der Waals surface area (Å²) in [5.41, 5.74) is 6.52. The van der Waals surface area contributed by atoms with Gasteiger partial charge < -0.3 is 20.1 Å². The third kappa shape index (κ3) is 1.99. The standard InChI is InChI=1S/C8H14N2O3/c1-5-7(6(9)3-4-11)8(12-2)10-13-5/h6,11H,3-4,9H2,1-2H3. The van der Waals surface area contributed by atoms with Gasteiger partial charge in [0.2, 0.25) is 0 Å². The second-order valence-corrected chi connectivity index (χ2v) is 2.78. The van der Waals surface area contributed by atoms with Gasteiger partial charge in [0.25, 0.3) is 5.88 Å². The van der Waals surface area contributed by atoms with E-state index in [1.54, 1.807) is 6.92 Å². The number of aryl methyl sites for hydroxylation is 1. The normalized spacial score (nSPS) is 12.9. The van der Waals surface area contributed by atoms with Gasteiger partial charge in [0.1, 0.15) is 5.76 Å². The number of ether oxygens (including phenoxy) is 1. The highest BCUT2D eigenvalue weighted by atomic mass is 16.5. The Kier molecular flexibility index (Phi) is 3.27. The van der Waals surface area contributed by atoms with Gasteiger partial charge in [0, 0.05) is 12.6 Å². The molecule has 0 amide bonds. The first-order valence-electron chi connectivity index (χ1n) is 4.07. The molecule has 0 saturated heterocycles. The summed E-state index contributed by atoms with van der Waals surface area (Å²) in [6.07, 6.45) is 0.471. The van der Waals surface area contributed by atoms with Crippen molar-refractivity contribution in [3.63, 3.8) is 0 Å². The second-order valence-electron chi connectivity index (χ2n) is 2.78. The molecule has 1 atom stereocenters. The molecule has 1 heterocycles. The molecule has 0 bridgehead atoms. The minimum atomic E-state index is -0.286. The van der Waals surface area contributed by atoms with Crippen molar-refractivity contribution >= 4 is 0 Å². The molecule has 0 fully saturated rings. The van der Waals surface area contributed by atoms with E-state index in [0.717, 1.165) is 5.56 Å². The molecule has 1 aromatic heterocycles. The minimum Gasteiger partial charge on any atom is -0.479 e. The topological polar surface area (TPSA) is 81.5 Å². The van der Waals surface area contributed by atoms with Gasteiger partial charge in [-0.3, -0.25) is 0 Å². The zero-order valence-electron chi connectivity index (χ0n) is 7.78. The Morgan fingerprint density at radius 3 is 2.92 bits per heavy atom. The number of aliphatic hydroxyl groups is 1. The van der Waals surface area contributed by atoms with E-state index in [9.17, 15) is 0 Å². The van der Waals surface area contributed by atoms with Gasteiger partial charge in [-0.2, -0.15) is 0 Å². The van der Waals surface area contributed by atoms with Gasteiger partial charge in [0.15, 0.2) is 0 Å². The van der Waals surface area contributed by atoms with Crippen molar-refractivity contribution in [3.05, 3.63) is 11.3 Å². The highest BCUT2D eigenvalue weighted by molar-refractivity contribution is 5.30. The van der Waals surface area contributed by atoms with Gasteiger partial charge in [-0.25, -0.2) is 0 Å². The van der Waals surface area contributed by atoms with E-state index in [2.05, 4.69) is 5.16 Å². The van der Waals surface area contributed by atoms with Crippen LogP contribution in [0.25, 0.3) is 0 Å². The van der Waals surface area contributed by atoms with E-state index in [-0.39, 0.29) is 12.6 Å². The molecule has 0 aliphatic carbocycles. The molecule has 0 aromatic carbocycles. The average molecular weight is 186 g/mol. The van der Waals surface area contributed by atoms with Crippen LogP contribution in [-0.2, 0) is 0 Å². The molecule has 0 spiro atoms. The van der Waals surface area contributed by atoms with Crippen LogP contribution in [0.1, 0.15) is 23.8 Å². The van der Waals surface area contributed by atoms with Crippen molar-refractivity contribution < 1.29 is 14.4 Å². The quantitative estimate of drug-likeness (QED) is 0.710. The fourth-order valence-corrected chi connectivity index (χ4v) is 1.21. The van der Waals surface area contributed by atoms with Gasteiger partial charge in [0.05, 0.1) is 12.7 Å². The van der Waals surface area contributed by atoms with Crippen LogP contribution >= 0.6 is 0 Å². The van der Waals surface area contributed by atoms with Crippen LogP contribution in [0.4, 0.5) is 0 Å². The van der Waals surface area contributed by atoms with Crippen molar-refractivity contribution in [3.8, 4) is 5.88 Å². The van der Waals surface area contributed by atoms with E-state index in [0.29, 0.717) is 18.1 Å². The number of rotatable bonds is 4. The average Bonchev–Trinajstić information content (AvgIpc) is 2.47. The highest BCUT2D eigenvalue weighted by Crippen LogP contribution is 2.27. The van der Waals surface area contributed by atoms with Gasteiger partial charge in [-0.15, -0.1) is 0 Å². The van der Waals surface area contributed by atoms with Crippen molar-refractivity contribution in [2.24, 2.45) is 5.73 Å². The second kappa shape index (κ2) is 4.25. The third-order valence-electron chi connectivity index (χ3n) is 1.88. The molecule has 1 aromatic rings. The van der Waals surface area contributed by atoms with E-state index >= 15 is 0 Å². The molecule has 13 heavy (non-hydrogen) atoms. The van der Waals surface area contributed by atoms with E-state index in [4.69, 9.17) is 20.1 Å². The Labute approximate surface area is 76.5 Å². The molecule has 74 valence electrons. The summed E-state index contributed by atoms with van der Waals surface area (Å²) in [6.45, 7) is 1.80. The van der Waals surface area contributed by atoms with Crippen LogP contribution < -0.4 is 10.5 Å². The van der Waals surface area contributed by atoms with Gasteiger partial charge >= 0.3 is 0 Å². The predicted molar refractivity (Wildman–Crippen MR) is 46.4 cm³/mol. The summed E-state index contributed by atoms with van der Waals surface area (Å²) in [7, 11) is 1.51. The van der Waals surface area contributed by atoms with E-state index in [1.165, 1.54) is 7.11 Å². The molecule has 0 saturated carbocycles. The maximum Gasteiger partial charge on any atom is 0.258 e. The molecule has 5 heteroatoms. The molecule has 0 radical (unpaired) electrons. The number of hydrogen-bond acceptors (Lipinski definition) is 5. The van der Waals surface area contributed by atoms with Crippen molar-refractivity contribution in [2.45, 2.75) is 19.4 Å². The molecular weight excluding hydrogens is 172 g/mol. The lowest BCUT2D eigenvalue weighted by Crippen LogP contribution is -2.13. The van der Waals surface area contributed by atoms with Gasteiger partial charge in [-0.05, 0) is 18.5 Å². The Hall–Kier alpha value is -1.07. The minimum absolute atomic E-state index is 0.0366. The summed E-state index contributed by atoms with van der Waals surface area (Å²) in [5.74, 6) is 1.04. The van der Waals surface area contributed by atoms with Crippen LogP contribution in [0, 0.1) is 6.92 Å². The summed E-state index contributed by atoms with van der Waals surface area (Å²) < 4.78 is 9.88. The Bertz CT molecular complexity index is 272. The number of aliphatic hydroxyl groups excluding tert-OH is 1. The van der Waals surface area contributed by atoms with Crippen LogP contribution in [-0.4, -0.2) is 24.0 Å². The summed E-state index contributed by atoms with van der Waals surface area (Å²) in [6, 6.07) is -0.286. The summed E-state index contributed by atoms with van der Waals surface area (Å²) in [5, 5.41) is 12.4.